The van der Waals surface area contributed by atoms with E-state index < -0.39 is 12.9 Å². The molecule has 0 atom stereocenters. The van der Waals surface area contributed by atoms with Crippen LogP contribution >= 0.6 is 31.9 Å². The van der Waals surface area contributed by atoms with E-state index in [9.17, 15) is 38.4 Å². The predicted octanol–water partition coefficient (Wildman–Crippen LogP) is 15.9. The number of ether oxygens (including phenoxy) is 1. The highest BCUT2D eigenvalue weighted by Gasteiger charge is 2.22. The van der Waals surface area contributed by atoms with E-state index in [1.54, 1.807) is 117 Å². The van der Waals surface area contributed by atoms with Gasteiger partial charge in [-0.25, -0.2) is 48.1 Å². The topological polar surface area (TPSA) is 288 Å². The first kappa shape index (κ1) is 74.4. The summed E-state index contributed by atoms with van der Waals surface area (Å²) in [4.78, 5) is 56.9. The number of carbonyl (C=O) groups is 1. The van der Waals surface area contributed by atoms with Crippen molar-refractivity contribution in [3.63, 3.8) is 0 Å². The number of anilines is 1. The van der Waals surface area contributed by atoms with Crippen molar-refractivity contribution in [1.82, 2.24) is 54.8 Å². The first-order valence-electron chi connectivity index (χ1n) is 32.1. The fourth-order valence-electron chi connectivity index (χ4n) is 11.3. The maximum absolute atomic E-state index is 14.4. The molecule has 10 aromatic heterocycles. The summed E-state index contributed by atoms with van der Waals surface area (Å²) < 4.78 is 50.7. The Hall–Kier alpha value is -12.7. The van der Waals surface area contributed by atoms with Crippen LogP contribution in [-0.4, -0.2) is 84.6 Å². The van der Waals surface area contributed by atoms with Crippen LogP contribution < -0.4 is 20.7 Å². The van der Waals surface area contributed by atoms with Crippen LogP contribution in [-0.2, 0) is 9.53 Å². The number of hydrogen-bond donors (Lipinski definition) is 3. The average molecular weight is 1540 g/mol. The zero-order valence-electron chi connectivity index (χ0n) is 55.5. The van der Waals surface area contributed by atoms with Crippen molar-refractivity contribution in [2.75, 3.05) is 12.3 Å². The van der Waals surface area contributed by atoms with E-state index in [4.69, 9.17) is 5.73 Å². The highest BCUT2D eigenvalue weighted by molar-refractivity contribution is 9.11. The average Bonchev–Trinajstić information content (AvgIpc) is 0.763. The number of esters is 1. The number of hydrogen-bond acceptors (Lipinski definition) is 18. The summed E-state index contributed by atoms with van der Waals surface area (Å²) in [6.07, 6.45) is 20.6. The van der Waals surface area contributed by atoms with Crippen molar-refractivity contribution < 1.29 is 42.2 Å². The first-order valence-corrected chi connectivity index (χ1v) is 33.7. The van der Waals surface area contributed by atoms with Gasteiger partial charge in [-0.2, -0.15) is 9.46 Å². The molecule has 0 aliphatic carbocycles. The summed E-state index contributed by atoms with van der Waals surface area (Å²) in [5.74, 6) is -0.887. The number of benzene rings is 7. The third kappa shape index (κ3) is 17.3. The lowest BCUT2D eigenvalue weighted by Crippen LogP contribution is -2.31. The zero-order valence-corrected chi connectivity index (χ0v) is 58.7. The van der Waals surface area contributed by atoms with E-state index >= 15 is 0 Å². The van der Waals surface area contributed by atoms with Gasteiger partial charge in [-0.15, -0.1) is 0 Å². The maximum Gasteiger partial charge on any atom is 0.490 e. The molecular weight excluding hydrogens is 1480 g/mol. The fourth-order valence-corrected chi connectivity index (χ4v) is 12.3. The largest absolute Gasteiger partial charge is 0.619 e. The molecule has 0 radical (unpaired) electrons. The Balaban J connectivity index is 0.000000134. The second kappa shape index (κ2) is 34.5. The molecule has 524 valence electrons. The van der Waals surface area contributed by atoms with Crippen LogP contribution in [0.5, 0.6) is 0 Å². The summed E-state index contributed by atoms with van der Waals surface area (Å²) in [6, 6.07) is 55.1. The van der Waals surface area contributed by atoms with E-state index in [2.05, 4.69) is 91.4 Å². The van der Waals surface area contributed by atoms with Gasteiger partial charge in [0.25, 0.3) is 0 Å². The Morgan fingerprint density at radius 1 is 0.462 bits per heavy atom. The van der Waals surface area contributed by atoms with Gasteiger partial charge in [-0.1, -0.05) is 124 Å². The molecule has 10 heterocycles. The second-order valence-corrected chi connectivity index (χ2v) is 24.4. The molecule has 106 heavy (non-hydrogen) atoms. The molecule has 17 rings (SSSR count). The van der Waals surface area contributed by atoms with Crippen LogP contribution in [0.2, 0.25) is 0 Å². The third-order valence-corrected chi connectivity index (χ3v) is 17.4. The van der Waals surface area contributed by atoms with Crippen LogP contribution in [0.4, 0.5) is 19.0 Å². The van der Waals surface area contributed by atoms with Crippen molar-refractivity contribution in [3.8, 4) is 56.0 Å². The molecule has 4 N–H and O–H groups in total. The molecule has 0 bridgehead atoms. The number of aromatic nitrogens is 13. The normalized spacial score (nSPS) is 10.6. The van der Waals surface area contributed by atoms with Gasteiger partial charge >= 0.3 is 13.1 Å². The monoisotopic (exact) mass is 1540 g/mol. The van der Waals surface area contributed by atoms with Crippen molar-refractivity contribution in [1.29, 1.82) is 0 Å². The standard InChI is InChI=1S/C22H14FN5.C22H13FN4O.C13H9BFN3O2.C9H6BrNO.C9H6BrN.C4H8O2.CH4/c23-18-7-2-1-4-16(18)19-12-17(20-22(28-19)27-11-10-25-20)13-5-3-6-15-14(13)8-9-26-21(15)24;23-19-7-2-1-5-17(19)20-12-18(21-22(26-20)25-10-9-24-21)16-6-3-4-14-13-27(28)11-8-15(14)16;15-10-4-2-1-3-8(10)11-7-9(14(19)20)12-13(18-11)17-6-5-16-12;10-9-3-1-2-7-6-11(12)5-4-8(7)9;10-9-3-1-2-7-6-11-5-4-8(7)9;1-3-6-4(2)5;/h1-12H,(H2,24,26);1-13H;1-7,19-20H;1-6H;1-6H;3H2,1-2H3;1H4. The van der Waals surface area contributed by atoms with Gasteiger partial charge < -0.3 is 30.9 Å². The number of rotatable bonds is 7. The summed E-state index contributed by atoms with van der Waals surface area (Å²) in [6.45, 7) is 3.65. The van der Waals surface area contributed by atoms with E-state index in [-0.39, 0.29) is 52.9 Å². The van der Waals surface area contributed by atoms with E-state index in [0.717, 1.165) is 73.0 Å². The minimum Gasteiger partial charge on any atom is -0.619 e. The Kier molecular flexibility index (Phi) is 24.2. The molecule has 0 saturated carbocycles. The van der Waals surface area contributed by atoms with E-state index in [1.807, 2.05) is 103 Å². The molecule has 0 unspecified atom stereocenters. The molecule has 7 aromatic carbocycles. The molecule has 0 fully saturated rings. The molecule has 20 nitrogen and oxygen atoms in total. The highest BCUT2D eigenvalue weighted by atomic mass is 79.9. The summed E-state index contributed by atoms with van der Waals surface area (Å²) in [5.41, 5.74) is 14.6. The lowest BCUT2D eigenvalue weighted by molar-refractivity contribution is -0.604. The summed E-state index contributed by atoms with van der Waals surface area (Å²) in [5, 5.41) is 49.3. The lowest BCUT2D eigenvalue weighted by atomic mass is 9.79. The van der Waals surface area contributed by atoms with Crippen LogP contribution in [0.25, 0.3) is 133 Å². The second-order valence-electron chi connectivity index (χ2n) is 22.7. The van der Waals surface area contributed by atoms with Crippen LogP contribution in [0.15, 0.2) is 278 Å². The van der Waals surface area contributed by atoms with Gasteiger partial charge in [0.1, 0.15) is 39.8 Å². The van der Waals surface area contributed by atoms with Gasteiger partial charge in [-0.05, 0) is 120 Å². The van der Waals surface area contributed by atoms with E-state index in [0.29, 0.717) is 57.3 Å². The highest BCUT2D eigenvalue weighted by Crippen LogP contribution is 2.38. The number of fused-ring (bicyclic) bond motifs is 7. The Morgan fingerprint density at radius 2 is 0.877 bits per heavy atom. The zero-order chi connectivity index (χ0) is 73.5. The molecule has 0 saturated heterocycles. The van der Waals surface area contributed by atoms with Gasteiger partial charge in [0.15, 0.2) is 41.7 Å². The quantitative estimate of drug-likeness (QED) is 0.0578. The van der Waals surface area contributed by atoms with Gasteiger partial charge in [0, 0.05) is 149 Å². The third-order valence-electron chi connectivity index (χ3n) is 16.0. The number of nitrogens with two attached hydrogens (primary N) is 1. The van der Waals surface area contributed by atoms with Crippen molar-refractivity contribution in [2.45, 2.75) is 21.3 Å². The van der Waals surface area contributed by atoms with Crippen LogP contribution in [0, 0.1) is 27.9 Å². The number of pyridine rings is 7. The fraction of sp³-hybridized carbons (Fsp3) is 0.0500. The number of nitrogens with zero attached hydrogens (tertiary/aromatic N) is 13. The minimum absolute atomic E-state index is 0. The molecule has 26 heteroatoms. The minimum atomic E-state index is -1.73. The van der Waals surface area contributed by atoms with Crippen molar-refractivity contribution in [2.24, 2.45) is 0 Å². The Labute approximate surface area is 621 Å². The number of halogens is 5. The molecule has 17 aromatic rings. The van der Waals surface area contributed by atoms with Crippen LogP contribution in [0.1, 0.15) is 21.3 Å². The Bertz CT molecular complexity index is 6040. The van der Waals surface area contributed by atoms with Crippen molar-refractivity contribution >= 4 is 133 Å². The molecular formula is C80H60BBr2F3N14O6. The maximum atomic E-state index is 14.4. The number of carbonyl (C=O) groups excluding carboxylic acids is 1. The van der Waals surface area contributed by atoms with Crippen LogP contribution in [0.3, 0.4) is 0 Å². The van der Waals surface area contributed by atoms with E-state index in [1.165, 1.54) is 72.9 Å². The summed E-state index contributed by atoms with van der Waals surface area (Å²) in [7, 11) is -1.73. The molecule has 0 aliphatic heterocycles. The lowest BCUT2D eigenvalue weighted by Gasteiger charge is -2.12. The predicted molar refractivity (Wildman–Crippen MR) is 414 cm³/mol. The molecule has 0 spiro atoms. The van der Waals surface area contributed by atoms with Crippen molar-refractivity contribution in [3.05, 3.63) is 305 Å². The molecule has 0 aliphatic rings. The number of nitrogen functional groups attached to an aromatic ring is 1. The van der Waals surface area contributed by atoms with Gasteiger partial charge in [-0.3, -0.25) is 24.7 Å². The Morgan fingerprint density at radius 3 is 1.37 bits per heavy atom. The first-order chi connectivity index (χ1) is 51.0. The van der Waals surface area contributed by atoms with Gasteiger partial charge in [0.05, 0.1) is 23.7 Å². The summed E-state index contributed by atoms with van der Waals surface area (Å²) >= 11 is 6.88. The molecule has 0 amide bonds. The SMILES string of the molecule is Brc1cccc2cnccc12.C.CCOC(C)=O.Nc1nccc2c(-c3cc(-c4ccccc4F)nc4nccnc34)cccc12.OB(O)c1cc(-c2ccccc2F)nc2nccnc12.[O-][n+]1ccc2c(-c3cc(-c4ccccc4F)nc4nccnc34)cccc2c1.[O-][n+]1ccc2c(Br)cccc2c1. The smallest absolute Gasteiger partial charge is 0.490 e. The van der Waals surface area contributed by atoms with Gasteiger partial charge in [0.2, 0.25) is 0 Å².